The molecule has 1 N–H and O–H groups in total. The normalized spacial score (nSPS) is 13.3. The van der Waals surface area contributed by atoms with Gasteiger partial charge in [-0.15, -0.1) is 0 Å². The Labute approximate surface area is 195 Å². The van der Waals surface area contributed by atoms with Crippen molar-refractivity contribution in [3.05, 3.63) is 93.7 Å². The number of aryl methyl sites for hydroxylation is 1. The first kappa shape index (κ1) is 22.5. The molecule has 0 atom stereocenters. The number of non-ortho nitro benzene ring substituents is 1. The van der Waals surface area contributed by atoms with Gasteiger partial charge < -0.3 is 14.8 Å². The van der Waals surface area contributed by atoms with E-state index >= 15 is 0 Å². The first-order chi connectivity index (χ1) is 16.3. The number of amides is 2. The molecule has 0 saturated heterocycles. The van der Waals surface area contributed by atoms with E-state index in [1.165, 1.54) is 38.5 Å². The van der Waals surface area contributed by atoms with Crippen molar-refractivity contribution in [2.75, 3.05) is 24.4 Å². The fourth-order valence-corrected chi connectivity index (χ4v) is 3.64. The number of ether oxygens (including phenoxy) is 2. The van der Waals surface area contributed by atoms with Gasteiger partial charge in [-0.05, 0) is 48.9 Å². The monoisotopic (exact) mass is 459 g/mol. The van der Waals surface area contributed by atoms with Crippen molar-refractivity contribution in [3.8, 4) is 11.5 Å². The number of benzene rings is 3. The number of nitro benzene ring substituents is 1. The molecular weight excluding hydrogens is 438 g/mol. The summed E-state index contributed by atoms with van der Waals surface area (Å²) in [5, 5.41) is 14.1. The minimum atomic E-state index is -0.563. The lowest BCUT2D eigenvalue weighted by atomic mass is 10.0. The molecule has 0 radical (unpaired) electrons. The van der Waals surface area contributed by atoms with E-state index in [1.54, 1.807) is 42.5 Å². The summed E-state index contributed by atoms with van der Waals surface area (Å²) >= 11 is 0. The zero-order valence-electron chi connectivity index (χ0n) is 18.7. The number of rotatable bonds is 7. The highest BCUT2D eigenvalue weighted by molar-refractivity contribution is 6.46. The van der Waals surface area contributed by atoms with Gasteiger partial charge in [-0.1, -0.05) is 17.7 Å². The van der Waals surface area contributed by atoms with Crippen LogP contribution < -0.4 is 19.7 Å². The number of imide groups is 1. The average molecular weight is 459 g/mol. The minimum Gasteiger partial charge on any atom is -0.497 e. The second-order valence-electron chi connectivity index (χ2n) is 7.53. The van der Waals surface area contributed by atoms with Crippen molar-refractivity contribution < 1.29 is 24.0 Å². The number of hydrogen-bond donors (Lipinski definition) is 1. The largest absolute Gasteiger partial charge is 0.497 e. The van der Waals surface area contributed by atoms with Gasteiger partial charge in [0.1, 0.15) is 17.2 Å². The Bertz CT molecular complexity index is 1310. The topological polar surface area (TPSA) is 111 Å². The van der Waals surface area contributed by atoms with Gasteiger partial charge in [0.25, 0.3) is 17.5 Å². The number of anilines is 2. The van der Waals surface area contributed by atoms with Crippen molar-refractivity contribution in [1.82, 2.24) is 0 Å². The maximum atomic E-state index is 13.5. The van der Waals surface area contributed by atoms with Crippen molar-refractivity contribution in [2.45, 2.75) is 6.92 Å². The highest BCUT2D eigenvalue weighted by Gasteiger charge is 2.40. The molecule has 4 rings (SSSR count). The van der Waals surface area contributed by atoms with Crippen molar-refractivity contribution in [2.24, 2.45) is 0 Å². The minimum absolute atomic E-state index is 0.0194. The molecule has 0 saturated carbocycles. The second kappa shape index (κ2) is 9.07. The molecule has 34 heavy (non-hydrogen) atoms. The van der Waals surface area contributed by atoms with Crippen LogP contribution in [-0.2, 0) is 9.59 Å². The molecule has 1 aliphatic rings. The van der Waals surface area contributed by atoms with E-state index in [1.807, 2.05) is 6.92 Å². The lowest BCUT2D eigenvalue weighted by Crippen LogP contribution is -2.32. The molecule has 2 amide bonds. The van der Waals surface area contributed by atoms with Gasteiger partial charge in [-0.2, -0.15) is 0 Å². The number of carbonyl (C=O) groups excluding carboxylic acids is 2. The summed E-state index contributed by atoms with van der Waals surface area (Å²) in [4.78, 5) is 38.7. The van der Waals surface area contributed by atoms with Crippen molar-refractivity contribution in [3.63, 3.8) is 0 Å². The summed E-state index contributed by atoms with van der Waals surface area (Å²) in [5.74, 6) is -0.155. The highest BCUT2D eigenvalue weighted by Crippen LogP contribution is 2.37. The summed E-state index contributed by atoms with van der Waals surface area (Å²) < 4.78 is 10.7. The van der Waals surface area contributed by atoms with Crippen molar-refractivity contribution >= 4 is 34.4 Å². The molecule has 172 valence electrons. The average Bonchev–Trinajstić information content (AvgIpc) is 3.08. The highest BCUT2D eigenvalue weighted by atomic mass is 16.6. The van der Waals surface area contributed by atoms with Gasteiger partial charge in [-0.25, -0.2) is 4.90 Å². The maximum absolute atomic E-state index is 13.5. The summed E-state index contributed by atoms with van der Waals surface area (Å²) in [6, 6.07) is 17.5. The predicted molar refractivity (Wildman–Crippen MR) is 127 cm³/mol. The molecule has 3 aromatic rings. The molecule has 9 nitrogen and oxygen atoms in total. The Hall–Kier alpha value is -4.66. The third-order valence-corrected chi connectivity index (χ3v) is 5.41. The number of hydrogen-bond acceptors (Lipinski definition) is 7. The van der Waals surface area contributed by atoms with E-state index < -0.39 is 16.7 Å². The summed E-state index contributed by atoms with van der Waals surface area (Å²) in [5.41, 5.74) is 2.16. The maximum Gasteiger partial charge on any atom is 0.282 e. The molecule has 1 aliphatic heterocycles. The number of nitrogens with one attached hydrogen (secondary N) is 1. The molecule has 0 spiro atoms. The van der Waals surface area contributed by atoms with Crippen molar-refractivity contribution in [1.29, 1.82) is 0 Å². The lowest BCUT2D eigenvalue weighted by Gasteiger charge is -2.16. The van der Waals surface area contributed by atoms with Crippen LogP contribution in [0.2, 0.25) is 0 Å². The van der Waals surface area contributed by atoms with Gasteiger partial charge in [0.2, 0.25) is 0 Å². The van der Waals surface area contributed by atoms with Crippen LogP contribution in [0, 0.1) is 17.0 Å². The SMILES string of the molecule is COc1ccc(OC)c(NC2=C(c3ccc([N+](=O)[O-])cc3)C(=O)N(c3ccc(C)cc3)C2=O)c1. The van der Waals surface area contributed by atoms with E-state index in [9.17, 15) is 19.7 Å². The summed E-state index contributed by atoms with van der Waals surface area (Å²) in [7, 11) is 3.00. The summed E-state index contributed by atoms with van der Waals surface area (Å²) in [6.07, 6.45) is 0. The van der Waals surface area contributed by atoms with Gasteiger partial charge in [0.05, 0.1) is 36.1 Å². The Morgan fingerprint density at radius 3 is 2.15 bits per heavy atom. The third-order valence-electron chi connectivity index (χ3n) is 5.41. The first-order valence-corrected chi connectivity index (χ1v) is 10.3. The van der Waals surface area contributed by atoms with Gasteiger partial charge in [0.15, 0.2) is 0 Å². The molecule has 9 heteroatoms. The fourth-order valence-electron chi connectivity index (χ4n) is 3.64. The van der Waals surface area contributed by atoms with E-state index in [2.05, 4.69) is 5.32 Å². The number of carbonyl (C=O) groups is 2. The molecule has 0 fully saturated rings. The van der Waals surface area contributed by atoms with Crippen LogP contribution >= 0.6 is 0 Å². The number of nitro groups is 1. The van der Waals surface area contributed by atoms with Crippen LogP contribution in [-0.4, -0.2) is 31.0 Å². The van der Waals surface area contributed by atoms with Crippen LogP contribution in [0.4, 0.5) is 17.1 Å². The third kappa shape index (κ3) is 4.06. The Morgan fingerprint density at radius 2 is 1.56 bits per heavy atom. The zero-order chi connectivity index (χ0) is 24.4. The Balaban J connectivity index is 1.85. The van der Waals surface area contributed by atoms with Gasteiger partial charge in [0, 0.05) is 18.2 Å². The molecular formula is C25H21N3O6. The molecule has 0 bridgehead atoms. The van der Waals surface area contributed by atoms with E-state index in [4.69, 9.17) is 9.47 Å². The Morgan fingerprint density at radius 1 is 0.882 bits per heavy atom. The van der Waals surface area contributed by atoms with E-state index in [-0.39, 0.29) is 17.0 Å². The fraction of sp³-hybridized carbons (Fsp3) is 0.120. The van der Waals surface area contributed by atoms with Crippen LogP contribution in [0.25, 0.3) is 5.57 Å². The summed E-state index contributed by atoms with van der Waals surface area (Å²) in [6.45, 7) is 1.90. The lowest BCUT2D eigenvalue weighted by molar-refractivity contribution is -0.384. The van der Waals surface area contributed by atoms with Crippen LogP contribution in [0.15, 0.2) is 72.4 Å². The smallest absolute Gasteiger partial charge is 0.282 e. The predicted octanol–water partition coefficient (Wildman–Crippen LogP) is 4.32. The number of nitrogens with zero attached hydrogens (tertiary/aromatic N) is 2. The number of methoxy groups -OCH3 is 2. The quantitative estimate of drug-likeness (QED) is 0.318. The standard InChI is InChI=1S/C25H21N3O6/c1-15-4-8-17(9-5-15)27-24(29)22(16-6-10-18(11-7-16)28(31)32)23(25(27)30)26-20-14-19(33-2)12-13-21(20)34-3/h4-14,26H,1-3H3. The molecule has 1 heterocycles. The second-order valence-corrected chi connectivity index (χ2v) is 7.53. The van der Waals surface area contributed by atoms with Gasteiger partial charge in [-0.3, -0.25) is 19.7 Å². The molecule has 0 aliphatic carbocycles. The first-order valence-electron chi connectivity index (χ1n) is 10.3. The Kier molecular flexibility index (Phi) is 6.01. The molecule has 3 aromatic carbocycles. The molecule has 0 aromatic heterocycles. The van der Waals surface area contributed by atoms with Crippen LogP contribution in [0.3, 0.4) is 0 Å². The van der Waals surface area contributed by atoms with E-state index in [0.717, 1.165) is 10.5 Å². The van der Waals surface area contributed by atoms with Crippen LogP contribution in [0.1, 0.15) is 11.1 Å². The van der Waals surface area contributed by atoms with Gasteiger partial charge >= 0.3 is 0 Å². The zero-order valence-corrected chi connectivity index (χ0v) is 18.7. The van der Waals surface area contributed by atoms with E-state index in [0.29, 0.717) is 28.4 Å². The van der Waals surface area contributed by atoms with Crippen LogP contribution in [0.5, 0.6) is 11.5 Å². The molecule has 0 unspecified atom stereocenters.